The van der Waals surface area contributed by atoms with E-state index in [1.807, 2.05) is 35.8 Å². The highest BCUT2D eigenvalue weighted by atomic mass is 79.9. The lowest BCUT2D eigenvalue weighted by atomic mass is 9.77. The van der Waals surface area contributed by atoms with E-state index in [2.05, 4.69) is 28.1 Å². The molecule has 0 bridgehead atoms. The van der Waals surface area contributed by atoms with Gasteiger partial charge >= 0.3 is 0 Å². The molecule has 0 unspecified atom stereocenters. The molecule has 0 radical (unpaired) electrons. The van der Waals surface area contributed by atoms with Gasteiger partial charge in [-0.1, -0.05) is 40.9 Å². The molecule has 4 nitrogen and oxygen atoms in total. The van der Waals surface area contributed by atoms with Crippen LogP contribution in [0.4, 0.5) is 0 Å². The number of piperidine rings is 1. The van der Waals surface area contributed by atoms with Crippen LogP contribution in [0.15, 0.2) is 28.7 Å². The van der Waals surface area contributed by atoms with E-state index in [1.54, 1.807) is 0 Å². The largest absolute Gasteiger partial charge is 0.343 e. The SMILES string of the molecule is CCN(CC)C(=O)C1CCN(C(=O)C2(c3ccc(Br)cc3)CCCC2)CC1. The van der Waals surface area contributed by atoms with Crippen LogP contribution in [0.1, 0.15) is 57.9 Å². The number of benzene rings is 1. The molecule has 1 heterocycles. The van der Waals surface area contributed by atoms with Crippen LogP contribution in [0.5, 0.6) is 0 Å². The van der Waals surface area contributed by atoms with Crippen molar-refractivity contribution >= 4 is 27.7 Å². The van der Waals surface area contributed by atoms with Gasteiger partial charge in [0.15, 0.2) is 0 Å². The van der Waals surface area contributed by atoms with Gasteiger partial charge in [-0.15, -0.1) is 0 Å². The first-order valence-electron chi connectivity index (χ1n) is 10.4. The summed E-state index contributed by atoms with van der Waals surface area (Å²) in [5.74, 6) is 0.604. The van der Waals surface area contributed by atoms with Gasteiger partial charge in [-0.2, -0.15) is 0 Å². The molecule has 27 heavy (non-hydrogen) atoms. The van der Waals surface area contributed by atoms with Crippen molar-refractivity contribution in [3.8, 4) is 0 Å². The van der Waals surface area contributed by atoms with E-state index in [0.717, 1.165) is 61.7 Å². The lowest BCUT2D eigenvalue weighted by Crippen LogP contribution is -2.50. The fraction of sp³-hybridized carbons (Fsp3) is 0.636. The Morgan fingerprint density at radius 1 is 1.07 bits per heavy atom. The number of likely N-dealkylation sites (tertiary alicyclic amines) is 1. The quantitative estimate of drug-likeness (QED) is 0.689. The number of nitrogens with zero attached hydrogens (tertiary/aromatic N) is 2. The Balaban J connectivity index is 1.70. The summed E-state index contributed by atoms with van der Waals surface area (Å²) < 4.78 is 1.04. The van der Waals surface area contributed by atoms with Crippen molar-refractivity contribution in [2.45, 2.75) is 57.8 Å². The molecule has 1 saturated heterocycles. The predicted molar refractivity (Wildman–Crippen MR) is 112 cm³/mol. The highest BCUT2D eigenvalue weighted by molar-refractivity contribution is 9.10. The van der Waals surface area contributed by atoms with Crippen molar-refractivity contribution < 1.29 is 9.59 Å². The summed E-state index contributed by atoms with van der Waals surface area (Å²) >= 11 is 3.50. The highest BCUT2D eigenvalue weighted by Gasteiger charge is 2.45. The lowest BCUT2D eigenvalue weighted by Gasteiger charge is -2.39. The molecule has 1 saturated carbocycles. The number of amides is 2. The van der Waals surface area contributed by atoms with Crippen LogP contribution in [0.3, 0.4) is 0 Å². The summed E-state index contributed by atoms with van der Waals surface area (Å²) in [4.78, 5) is 30.1. The molecule has 1 aromatic rings. The minimum Gasteiger partial charge on any atom is -0.343 e. The highest BCUT2D eigenvalue weighted by Crippen LogP contribution is 2.43. The molecule has 2 fully saturated rings. The zero-order valence-electron chi connectivity index (χ0n) is 16.5. The monoisotopic (exact) mass is 434 g/mol. The Kier molecular flexibility index (Phi) is 6.61. The topological polar surface area (TPSA) is 40.6 Å². The third kappa shape index (κ3) is 4.08. The Morgan fingerprint density at radius 3 is 2.15 bits per heavy atom. The van der Waals surface area contributed by atoms with Crippen LogP contribution >= 0.6 is 15.9 Å². The van der Waals surface area contributed by atoms with Crippen molar-refractivity contribution in [1.29, 1.82) is 0 Å². The van der Waals surface area contributed by atoms with Gasteiger partial charge in [0.05, 0.1) is 5.41 Å². The summed E-state index contributed by atoms with van der Waals surface area (Å²) in [7, 11) is 0. The van der Waals surface area contributed by atoms with Crippen LogP contribution in [0, 0.1) is 5.92 Å². The Bertz CT molecular complexity index is 655. The average molecular weight is 435 g/mol. The molecule has 2 amide bonds. The number of hydrogen-bond donors (Lipinski definition) is 0. The average Bonchev–Trinajstić information content (AvgIpc) is 3.20. The van der Waals surface area contributed by atoms with E-state index < -0.39 is 0 Å². The second-order valence-corrected chi connectivity index (χ2v) is 8.79. The van der Waals surface area contributed by atoms with E-state index in [4.69, 9.17) is 0 Å². The van der Waals surface area contributed by atoms with Gasteiger partial charge in [0, 0.05) is 36.6 Å². The summed E-state index contributed by atoms with van der Waals surface area (Å²) in [6.45, 7) is 7.00. The van der Waals surface area contributed by atoms with Crippen molar-refractivity contribution in [3.63, 3.8) is 0 Å². The number of halogens is 1. The Labute approximate surface area is 171 Å². The fourth-order valence-electron chi connectivity index (χ4n) is 4.80. The van der Waals surface area contributed by atoms with Gasteiger partial charge in [-0.25, -0.2) is 0 Å². The molecule has 1 aliphatic carbocycles. The fourth-order valence-corrected chi connectivity index (χ4v) is 5.06. The number of hydrogen-bond acceptors (Lipinski definition) is 2. The van der Waals surface area contributed by atoms with Crippen molar-refractivity contribution in [1.82, 2.24) is 9.80 Å². The molecule has 5 heteroatoms. The standard InChI is InChI=1S/C22H31BrN2O2/c1-3-24(4-2)20(26)17-11-15-25(16-12-17)21(27)22(13-5-6-14-22)18-7-9-19(23)10-8-18/h7-10,17H,3-6,11-16H2,1-2H3. The van der Waals surface area contributed by atoms with Crippen molar-refractivity contribution in [3.05, 3.63) is 34.3 Å². The van der Waals surface area contributed by atoms with E-state index in [-0.39, 0.29) is 23.1 Å². The normalized spacial score (nSPS) is 19.9. The molecule has 0 atom stereocenters. The van der Waals surface area contributed by atoms with E-state index in [0.29, 0.717) is 13.1 Å². The van der Waals surface area contributed by atoms with E-state index >= 15 is 0 Å². The van der Waals surface area contributed by atoms with Crippen LogP contribution in [0.2, 0.25) is 0 Å². The van der Waals surface area contributed by atoms with Crippen molar-refractivity contribution in [2.24, 2.45) is 5.92 Å². The summed E-state index contributed by atoms with van der Waals surface area (Å²) in [5.41, 5.74) is 0.783. The molecule has 0 spiro atoms. The summed E-state index contributed by atoms with van der Waals surface area (Å²) in [6.07, 6.45) is 5.67. The third-order valence-electron chi connectivity index (χ3n) is 6.47. The van der Waals surface area contributed by atoms with Crippen LogP contribution in [-0.4, -0.2) is 47.8 Å². The maximum atomic E-state index is 13.5. The van der Waals surface area contributed by atoms with E-state index in [9.17, 15) is 9.59 Å². The van der Waals surface area contributed by atoms with Gasteiger partial charge in [0.25, 0.3) is 0 Å². The van der Waals surface area contributed by atoms with E-state index in [1.165, 1.54) is 0 Å². The smallest absolute Gasteiger partial charge is 0.233 e. The number of carbonyl (C=O) groups excluding carboxylic acids is 2. The van der Waals surface area contributed by atoms with Crippen LogP contribution < -0.4 is 0 Å². The first kappa shape index (κ1) is 20.4. The molecular formula is C22H31BrN2O2. The van der Waals surface area contributed by atoms with Crippen LogP contribution in [0.25, 0.3) is 0 Å². The van der Waals surface area contributed by atoms with Gasteiger partial charge in [0.1, 0.15) is 0 Å². The first-order valence-corrected chi connectivity index (χ1v) is 11.2. The molecule has 1 aliphatic heterocycles. The third-order valence-corrected chi connectivity index (χ3v) is 7.00. The zero-order valence-corrected chi connectivity index (χ0v) is 18.1. The maximum Gasteiger partial charge on any atom is 0.233 e. The lowest BCUT2D eigenvalue weighted by molar-refractivity contribution is -0.143. The van der Waals surface area contributed by atoms with Gasteiger partial charge < -0.3 is 9.80 Å². The van der Waals surface area contributed by atoms with Gasteiger partial charge in [-0.05, 0) is 57.2 Å². The van der Waals surface area contributed by atoms with Crippen molar-refractivity contribution in [2.75, 3.05) is 26.2 Å². The second-order valence-electron chi connectivity index (χ2n) is 7.87. The predicted octanol–water partition coefficient (Wildman–Crippen LogP) is 4.37. The molecule has 2 aliphatic rings. The molecule has 0 aromatic heterocycles. The first-order chi connectivity index (χ1) is 13.0. The van der Waals surface area contributed by atoms with Crippen LogP contribution in [-0.2, 0) is 15.0 Å². The minimum absolute atomic E-state index is 0.0705. The summed E-state index contributed by atoms with van der Waals surface area (Å²) in [6, 6.07) is 8.28. The zero-order chi connectivity index (χ0) is 19.4. The van der Waals surface area contributed by atoms with Gasteiger partial charge in [0.2, 0.25) is 11.8 Å². The summed E-state index contributed by atoms with van der Waals surface area (Å²) in [5, 5.41) is 0. The molecule has 148 valence electrons. The Hall–Kier alpha value is -1.36. The maximum absolute atomic E-state index is 13.5. The molecular weight excluding hydrogens is 404 g/mol. The second kappa shape index (κ2) is 8.76. The molecule has 1 aromatic carbocycles. The Morgan fingerprint density at radius 2 is 1.63 bits per heavy atom. The molecule has 3 rings (SSSR count). The number of carbonyl (C=O) groups is 2. The number of rotatable bonds is 5. The minimum atomic E-state index is -0.365. The van der Waals surface area contributed by atoms with Gasteiger partial charge in [-0.3, -0.25) is 9.59 Å². The molecule has 0 N–H and O–H groups in total.